The fourth-order valence-corrected chi connectivity index (χ4v) is 3.45. The van der Waals surface area contributed by atoms with Crippen LogP contribution in [0.4, 0.5) is 5.69 Å². The molecule has 4 rings (SSSR count). The number of benzene rings is 2. The van der Waals surface area contributed by atoms with E-state index < -0.39 is 0 Å². The summed E-state index contributed by atoms with van der Waals surface area (Å²) >= 11 is 1.51. The number of fused-ring (bicyclic) bond motifs is 1. The number of rotatable bonds is 3. The first-order valence-corrected chi connectivity index (χ1v) is 8.26. The summed E-state index contributed by atoms with van der Waals surface area (Å²) in [6, 6.07) is 15.1. The normalized spacial score (nSPS) is 12.2. The quantitative estimate of drug-likeness (QED) is 0.781. The van der Waals surface area contributed by atoms with Crippen molar-refractivity contribution in [2.75, 3.05) is 12.1 Å². The fourth-order valence-electron chi connectivity index (χ4n) is 2.53. The Morgan fingerprint density at radius 1 is 1.12 bits per heavy atom. The molecule has 0 unspecified atom stereocenters. The van der Waals surface area contributed by atoms with Gasteiger partial charge in [0.05, 0.1) is 9.88 Å². The lowest BCUT2D eigenvalue weighted by molar-refractivity contribution is 0.102. The molecular weight excluding hydrogens is 324 g/mol. The minimum atomic E-state index is -0.239. The van der Waals surface area contributed by atoms with Crippen molar-refractivity contribution in [1.29, 1.82) is 0 Å². The van der Waals surface area contributed by atoms with Crippen molar-refractivity contribution in [3.05, 3.63) is 59.2 Å². The molecule has 1 aromatic heterocycles. The van der Waals surface area contributed by atoms with E-state index in [-0.39, 0.29) is 12.7 Å². The van der Waals surface area contributed by atoms with Crippen LogP contribution in [0.15, 0.2) is 48.5 Å². The molecule has 5 nitrogen and oxygen atoms in total. The summed E-state index contributed by atoms with van der Waals surface area (Å²) in [5, 5.41) is 3.73. The van der Waals surface area contributed by atoms with Crippen LogP contribution in [-0.2, 0) is 0 Å². The molecule has 0 saturated carbocycles. The summed E-state index contributed by atoms with van der Waals surface area (Å²) in [4.78, 5) is 18.0. The van der Waals surface area contributed by atoms with Crippen LogP contribution in [0, 0.1) is 6.92 Å². The Bertz CT molecular complexity index is 906. The lowest BCUT2D eigenvalue weighted by Gasteiger charge is -2.06. The maximum Gasteiger partial charge on any atom is 0.275 e. The third-order valence-electron chi connectivity index (χ3n) is 3.62. The number of nitrogens with zero attached hydrogens (tertiary/aromatic N) is 1. The first kappa shape index (κ1) is 14.7. The number of nitrogens with one attached hydrogen (secondary N) is 1. The molecule has 2 heterocycles. The van der Waals surface area contributed by atoms with Gasteiger partial charge in [-0.1, -0.05) is 30.3 Å². The van der Waals surface area contributed by atoms with E-state index in [1.807, 2.05) is 37.3 Å². The van der Waals surface area contributed by atoms with Gasteiger partial charge in [-0.2, -0.15) is 0 Å². The molecule has 0 spiro atoms. The fraction of sp³-hybridized carbons (Fsp3) is 0.111. The molecule has 1 aliphatic heterocycles. The number of carbonyl (C=O) groups excluding carboxylic acids is 1. The number of aryl methyl sites for hydroxylation is 1. The third kappa shape index (κ3) is 2.72. The van der Waals surface area contributed by atoms with Crippen molar-refractivity contribution in [1.82, 2.24) is 4.98 Å². The van der Waals surface area contributed by atoms with E-state index in [2.05, 4.69) is 10.3 Å². The van der Waals surface area contributed by atoms with Crippen LogP contribution in [0.25, 0.3) is 10.4 Å². The van der Waals surface area contributed by atoms with Gasteiger partial charge < -0.3 is 14.8 Å². The number of ether oxygens (including phenoxy) is 2. The topological polar surface area (TPSA) is 60.5 Å². The summed E-state index contributed by atoms with van der Waals surface area (Å²) in [7, 11) is 0. The van der Waals surface area contributed by atoms with Crippen LogP contribution in [0.3, 0.4) is 0 Å². The second-order valence-electron chi connectivity index (χ2n) is 5.30. The van der Waals surface area contributed by atoms with Gasteiger partial charge >= 0.3 is 0 Å². The van der Waals surface area contributed by atoms with Gasteiger partial charge in [-0.3, -0.25) is 4.79 Å². The lowest BCUT2D eigenvalue weighted by Crippen LogP contribution is -2.13. The van der Waals surface area contributed by atoms with E-state index in [0.717, 1.165) is 15.4 Å². The third-order valence-corrected chi connectivity index (χ3v) is 4.64. The predicted molar refractivity (Wildman–Crippen MR) is 92.8 cm³/mol. The summed E-state index contributed by atoms with van der Waals surface area (Å²) in [6.07, 6.45) is 0. The molecule has 24 heavy (non-hydrogen) atoms. The van der Waals surface area contributed by atoms with Crippen molar-refractivity contribution in [2.24, 2.45) is 0 Å². The van der Waals surface area contributed by atoms with Gasteiger partial charge in [0.2, 0.25) is 6.79 Å². The maximum atomic E-state index is 12.7. The molecule has 120 valence electrons. The zero-order valence-electron chi connectivity index (χ0n) is 12.9. The SMILES string of the molecule is Cc1nc(C(=O)Nc2ccc3c(c2)OCO3)c(-c2ccccc2)s1. The van der Waals surface area contributed by atoms with Crippen molar-refractivity contribution < 1.29 is 14.3 Å². The molecule has 0 fully saturated rings. The standard InChI is InChI=1S/C18H14N2O3S/c1-11-19-16(17(24-11)12-5-3-2-4-6-12)18(21)20-13-7-8-14-15(9-13)23-10-22-14/h2-9H,10H2,1H3,(H,20,21). The number of hydrogen-bond acceptors (Lipinski definition) is 5. The number of thiazole rings is 1. The van der Waals surface area contributed by atoms with E-state index in [9.17, 15) is 4.79 Å². The van der Waals surface area contributed by atoms with Crippen LogP contribution < -0.4 is 14.8 Å². The van der Waals surface area contributed by atoms with Crippen LogP contribution in [-0.4, -0.2) is 17.7 Å². The second kappa shape index (κ2) is 5.98. The molecule has 2 aromatic carbocycles. The molecule has 3 aromatic rings. The van der Waals surface area contributed by atoms with Gasteiger partial charge in [0, 0.05) is 11.8 Å². The highest BCUT2D eigenvalue weighted by Crippen LogP contribution is 2.35. The van der Waals surface area contributed by atoms with Crippen LogP contribution in [0.1, 0.15) is 15.5 Å². The van der Waals surface area contributed by atoms with E-state index in [4.69, 9.17) is 9.47 Å². The molecule has 0 atom stereocenters. The smallest absolute Gasteiger partial charge is 0.275 e. The summed E-state index contributed by atoms with van der Waals surface area (Å²) in [6.45, 7) is 2.10. The first-order valence-electron chi connectivity index (χ1n) is 7.44. The largest absolute Gasteiger partial charge is 0.454 e. The molecule has 6 heteroatoms. The predicted octanol–water partition coefficient (Wildman–Crippen LogP) is 4.10. The molecule has 0 bridgehead atoms. The first-order chi connectivity index (χ1) is 11.7. The summed E-state index contributed by atoms with van der Waals surface area (Å²) in [5.74, 6) is 1.07. The monoisotopic (exact) mass is 338 g/mol. The highest BCUT2D eigenvalue weighted by Gasteiger charge is 2.20. The number of hydrogen-bond donors (Lipinski definition) is 1. The van der Waals surface area contributed by atoms with Crippen LogP contribution in [0.2, 0.25) is 0 Å². The van der Waals surface area contributed by atoms with Gasteiger partial charge in [0.25, 0.3) is 5.91 Å². The van der Waals surface area contributed by atoms with Crippen molar-refractivity contribution in [3.63, 3.8) is 0 Å². The molecular formula is C18H14N2O3S. The average molecular weight is 338 g/mol. The van der Waals surface area contributed by atoms with Crippen LogP contribution in [0.5, 0.6) is 11.5 Å². The zero-order chi connectivity index (χ0) is 16.5. The summed E-state index contributed by atoms with van der Waals surface area (Å²) < 4.78 is 10.6. The van der Waals surface area contributed by atoms with E-state index in [1.54, 1.807) is 18.2 Å². The number of anilines is 1. The number of aromatic nitrogens is 1. The Morgan fingerprint density at radius 2 is 1.92 bits per heavy atom. The van der Waals surface area contributed by atoms with E-state index >= 15 is 0 Å². The Balaban J connectivity index is 1.63. The van der Waals surface area contributed by atoms with E-state index in [0.29, 0.717) is 22.9 Å². The molecule has 0 radical (unpaired) electrons. The minimum absolute atomic E-state index is 0.205. The lowest BCUT2D eigenvalue weighted by atomic mass is 10.1. The van der Waals surface area contributed by atoms with Gasteiger partial charge in [0.15, 0.2) is 11.5 Å². The maximum absolute atomic E-state index is 12.7. The molecule has 1 N–H and O–H groups in total. The van der Waals surface area contributed by atoms with Crippen molar-refractivity contribution >= 4 is 22.9 Å². The van der Waals surface area contributed by atoms with Gasteiger partial charge in [-0.15, -0.1) is 11.3 Å². The second-order valence-corrected chi connectivity index (χ2v) is 6.50. The van der Waals surface area contributed by atoms with Crippen molar-refractivity contribution in [2.45, 2.75) is 6.92 Å². The number of carbonyl (C=O) groups is 1. The molecule has 0 saturated heterocycles. The Labute approximate surface area is 142 Å². The molecule has 0 aliphatic carbocycles. The Kier molecular flexibility index (Phi) is 3.66. The van der Waals surface area contributed by atoms with Gasteiger partial charge in [-0.25, -0.2) is 4.98 Å². The molecule has 1 amide bonds. The van der Waals surface area contributed by atoms with Gasteiger partial charge in [0.1, 0.15) is 5.69 Å². The summed E-state index contributed by atoms with van der Waals surface area (Å²) in [5.41, 5.74) is 2.06. The Morgan fingerprint density at radius 3 is 2.75 bits per heavy atom. The molecule has 1 aliphatic rings. The zero-order valence-corrected chi connectivity index (χ0v) is 13.7. The highest BCUT2D eigenvalue weighted by atomic mass is 32.1. The highest BCUT2D eigenvalue weighted by molar-refractivity contribution is 7.15. The van der Waals surface area contributed by atoms with E-state index in [1.165, 1.54) is 11.3 Å². The van der Waals surface area contributed by atoms with Gasteiger partial charge in [-0.05, 0) is 24.6 Å². The minimum Gasteiger partial charge on any atom is -0.454 e. The number of amides is 1. The van der Waals surface area contributed by atoms with Crippen LogP contribution >= 0.6 is 11.3 Å². The van der Waals surface area contributed by atoms with Crippen molar-refractivity contribution in [3.8, 4) is 21.9 Å². The average Bonchev–Trinajstić information content (AvgIpc) is 3.21. The Hall–Kier alpha value is -2.86.